The number of halogens is 3. The molecule has 120 valence electrons. The Kier molecular flexibility index (Phi) is 5.42. The number of hydrogen-bond acceptors (Lipinski definition) is 4. The highest BCUT2D eigenvalue weighted by molar-refractivity contribution is 5.44. The molecule has 7 heteroatoms. The van der Waals surface area contributed by atoms with Gasteiger partial charge in [-0.2, -0.15) is 18.2 Å². The van der Waals surface area contributed by atoms with E-state index in [-0.39, 0.29) is 23.2 Å². The van der Waals surface area contributed by atoms with Crippen molar-refractivity contribution < 1.29 is 13.2 Å². The lowest BCUT2D eigenvalue weighted by Gasteiger charge is -2.28. The maximum absolute atomic E-state index is 12.9. The lowest BCUT2D eigenvalue weighted by molar-refractivity contribution is -0.141. The highest BCUT2D eigenvalue weighted by atomic mass is 19.4. The summed E-state index contributed by atoms with van der Waals surface area (Å²) < 4.78 is 38.7. The van der Waals surface area contributed by atoms with Crippen molar-refractivity contribution in [2.75, 3.05) is 17.2 Å². The smallest absolute Gasteiger partial charge is 0.367 e. The van der Waals surface area contributed by atoms with E-state index in [1.807, 2.05) is 34.6 Å². The van der Waals surface area contributed by atoms with E-state index in [2.05, 4.69) is 20.6 Å². The SMILES string of the molecule is CCCNc1nc(NC(C)C(C)(C)C)cc(C(F)(F)F)n1. The number of nitrogens with one attached hydrogen (secondary N) is 2. The zero-order valence-electron chi connectivity index (χ0n) is 13.1. The van der Waals surface area contributed by atoms with Crippen molar-refractivity contribution >= 4 is 11.8 Å². The molecule has 0 aromatic carbocycles. The summed E-state index contributed by atoms with van der Waals surface area (Å²) in [4.78, 5) is 7.63. The number of hydrogen-bond donors (Lipinski definition) is 2. The summed E-state index contributed by atoms with van der Waals surface area (Å²) in [6, 6.07) is 0.909. The first kappa shape index (κ1) is 17.5. The molecule has 0 aliphatic rings. The minimum Gasteiger partial charge on any atom is -0.367 e. The second-order valence-corrected chi connectivity index (χ2v) is 6.12. The second-order valence-electron chi connectivity index (χ2n) is 6.12. The fraction of sp³-hybridized carbons (Fsp3) is 0.714. The van der Waals surface area contributed by atoms with Gasteiger partial charge in [-0.3, -0.25) is 0 Å². The maximum Gasteiger partial charge on any atom is 0.433 e. The van der Waals surface area contributed by atoms with Gasteiger partial charge in [0.25, 0.3) is 0 Å². The van der Waals surface area contributed by atoms with Gasteiger partial charge >= 0.3 is 6.18 Å². The summed E-state index contributed by atoms with van der Waals surface area (Å²) in [7, 11) is 0. The number of alkyl halides is 3. The van der Waals surface area contributed by atoms with Crippen LogP contribution in [0.1, 0.15) is 46.7 Å². The van der Waals surface area contributed by atoms with Crippen molar-refractivity contribution in [1.29, 1.82) is 0 Å². The lowest BCUT2D eigenvalue weighted by Crippen LogP contribution is -2.31. The molecule has 0 spiro atoms. The maximum atomic E-state index is 12.9. The molecule has 0 saturated heterocycles. The van der Waals surface area contributed by atoms with Crippen LogP contribution in [0.15, 0.2) is 6.07 Å². The highest BCUT2D eigenvalue weighted by Crippen LogP contribution is 2.30. The van der Waals surface area contributed by atoms with Crippen LogP contribution in [0.2, 0.25) is 0 Å². The van der Waals surface area contributed by atoms with Crippen LogP contribution in [0, 0.1) is 5.41 Å². The van der Waals surface area contributed by atoms with Crippen LogP contribution in [0.3, 0.4) is 0 Å². The first-order valence-electron chi connectivity index (χ1n) is 7.00. The average Bonchev–Trinajstić information content (AvgIpc) is 2.34. The largest absolute Gasteiger partial charge is 0.433 e. The van der Waals surface area contributed by atoms with Gasteiger partial charge in [0.2, 0.25) is 5.95 Å². The van der Waals surface area contributed by atoms with Gasteiger partial charge in [0.05, 0.1) is 0 Å². The standard InChI is InChI=1S/C14H23F3N4/c1-6-7-18-12-20-10(14(15,16)17)8-11(21-12)19-9(2)13(3,4)5/h8-9H,6-7H2,1-5H3,(H2,18,19,20,21). The van der Waals surface area contributed by atoms with Gasteiger partial charge in [-0.25, -0.2) is 4.98 Å². The second kappa shape index (κ2) is 6.49. The van der Waals surface area contributed by atoms with Crippen LogP contribution in [0.5, 0.6) is 0 Å². The van der Waals surface area contributed by atoms with E-state index in [9.17, 15) is 13.2 Å². The first-order chi connectivity index (χ1) is 9.54. The molecule has 1 atom stereocenters. The molecular weight excluding hydrogens is 281 g/mol. The van der Waals surface area contributed by atoms with Gasteiger partial charge in [0, 0.05) is 18.7 Å². The van der Waals surface area contributed by atoms with Crippen molar-refractivity contribution in [2.45, 2.75) is 53.3 Å². The topological polar surface area (TPSA) is 49.8 Å². The third-order valence-electron chi connectivity index (χ3n) is 3.21. The Morgan fingerprint density at radius 3 is 2.29 bits per heavy atom. The van der Waals surface area contributed by atoms with Crippen molar-refractivity contribution in [2.24, 2.45) is 5.41 Å². The molecule has 1 heterocycles. The molecule has 0 bridgehead atoms. The van der Waals surface area contributed by atoms with Gasteiger partial charge in [-0.15, -0.1) is 0 Å². The Labute approximate surface area is 123 Å². The summed E-state index contributed by atoms with van der Waals surface area (Å²) in [5, 5.41) is 5.82. The van der Waals surface area contributed by atoms with Gasteiger partial charge < -0.3 is 10.6 Å². The molecule has 0 saturated carbocycles. The molecule has 1 aromatic rings. The number of aromatic nitrogens is 2. The van der Waals surface area contributed by atoms with Crippen molar-refractivity contribution in [1.82, 2.24) is 9.97 Å². The van der Waals surface area contributed by atoms with E-state index in [4.69, 9.17) is 0 Å². The van der Waals surface area contributed by atoms with Gasteiger partial charge in [-0.1, -0.05) is 27.7 Å². The van der Waals surface area contributed by atoms with E-state index >= 15 is 0 Å². The predicted octanol–water partition coefficient (Wildman–Crippen LogP) is 4.16. The van der Waals surface area contributed by atoms with Crippen molar-refractivity contribution in [3.63, 3.8) is 0 Å². The molecule has 4 nitrogen and oxygen atoms in total. The molecule has 0 fully saturated rings. The monoisotopic (exact) mass is 304 g/mol. The lowest BCUT2D eigenvalue weighted by atomic mass is 9.88. The minimum absolute atomic E-state index is 0.00437. The number of nitrogens with zero attached hydrogens (tertiary/aromatic N) is 2. The fourth-order valence-electron chi connectivity index (χ4n) is 1.42. The van der Waals surface area contributed by atoms with E-state index in [0.29, 0.717) is 6.54 Å². The van der Waals surface area contributed by atoms with Crippen LogP contribution in [0.25, 0.3) is 0 Å². The van der Waals surface area contributed by atoms with Crippen LogP contribution < -0.4 is 10.6 Å². The zero-order chi connectivity index (χ0) is 16.3. The van der Waals surface area contributed by atoms with Crippen molar-refractivity contribution in [3.8, 4) is 0 Å². The van der Waals surface area contributed by atoms with Gasteiger partial charge in [0.1, 0.15) is 5.82 Å². The van der Waals surface area contributed by atoms with Crippen LogP contribution in [-0.2, 0) is 6.18 Å². The number of anilines is 2. The fourth-order valence-corrected chi connectivity index (χ4v) is 1.42. The molecule has 2 N–H and O–H groups in total. The van der Waals surface area contributed by atoms with Crippen LogP contribution >= 0.6 is 0 Å². The summed E-state index contributed by atoms with van der Waals surface area (Å²) in [5.41, 5.74) is -1.04. The molecule has 0 aliphatic heterocycles. The zero-order valence-corrected chi connectivity index (χ0v) is 13.1. The molecular formula is C14H23F3N4. The Hall–Kier alpha value is -1.53. The van der Waals surface area contributed by atoms with E-state index < -0.39 is 11.9 Å². The Bertz CT molecular complexity index is 466. The highest BCUT2D eigenvalue weighted by Gasteiger charge is 2.34. The van der Waals surface area contributed by atoms with E-state index in [1.165, 1.54) is 0 Å². The third-order valence-corrected chi connectivity index (χ3v) is 3.21. The Morgan fingerprint density at radius 1 is 1.19 bits per heavy atom. The molecule has 1 aromatic heterocycles. The molecule has 0 amide bonds. The first-order valence-corrected chi connectivity index (χ1v) is 7.00. The molecule has 1 unspecified atom stereocenters. The minimum atomic E-state index is -4.49. The average molecular weight is 304 g/mol. The summed E-state index contributed by atoms with van der Waals surface area (Å²) >= 11 is 0. The summed E-state index contributed by atoms with van der Waals surface area (Å²) in [6.45, 7) is 10.4. The Balaban J connectivity index is 3.07. The third kappa shape index (κ3) is 5.40. The summed E-state index contributed by atoms with van der Waals surface area (Å²) in [6.07, 6.45) is -3.71. The Morgan fingerprint density at radius 2 is 1.81 bits per heavy atom. The van der Waals surface area contributed by atoms with E-state index in [0.717, 1.165) is 12.5 Å². The van der Waals surface area contributed by atoms with Gasteiger partial charge in [-0.05, 0) is 18.8 Å². The van der Waals surface area contributed by atoms with E-state index in [1.54, 1.807) is 0 Å². The normalized spacial score (nSPS) is 13.9. The van der Waals surface area contributed by atoms with Crippen LogP contribution in [0.4, 0.5) is 24.9 Å². The molecule has 1 rings (SSSR count). The predicted molar refractivity (Wildman–Crippen MR) is 78.4 cm³/mol. The quantitative estimate of drug-likeness (QED) is 0.857. The van der Waals surface area contributed by atoms with Gasteiger partial charge in [0.15, 0.2) is 5.69 Å². The van der Waals surface area contributed by atoms with Crippen LogP contribution in [-0.4, -0.2) is 22.6 Å². The van der Waals surface area contributed by atoms with Crippen molar-refractivity contribution in [3.05, 3.63) is 11.8 Å². The number of rotatable bonds is 5. The molecule has 0 aliphatic carbocycles. The molecule has 21 heavy (non-hydrogen) atoms. The summed E-state index contributed by atoms with van der Waals surface area (Å²) in [5.74, 6) is 0.175. The molecule has 0 radical (unpaired) electrons.